The number of fused-ring (bicyclic) bond motifs is 3. The summed E-state index contributed by atoms with van der Waals surface area (Å²) < 4.78 is 47.7. The summed E-state index contributed by atoms with van der Waals surface area (Å²) in [4.78, 5) is 9.37. The molecule has 0 saturated heterocycles. The second kappa shape index (κ2) is 14.7. The number of aromatic nitrogens is 3. The Balaban J connectivity index is 0.00000435. The molecule has 8 rings (SSSR count). The molecular weight excluding hydrogens is 851 g/mol. The number of ether oxygens (including phenoxy) is 1. The molecule has 3 aromatic heterocycles. The number of hydrogen-bond donors (Lipinski definition) is 0. The summed E-state index contributed by atoms with van der Waals surface area (Å²) in [6.07, 6.45) is 1.32. The van der Waals surface area contributed by atoms with Gasteiger partial charge in [-0.15, -0.1) is 41.3 Å². The fraction of sp³-hybridized carbons (Fsp3) is 0.0667. The largest absolute Gasteiger partial charge is 2.00 e. The van der Waals surface area contributed by atoms with Gasteiger partial charge in [0.05, 0.1) is 0 Å². The summed E-state index contributed by atoms with van der Waals surface area (Å²) >= 11 is 0. The number of nitrogens with zero attached hydrogens (tertiary/aromatic N) is 3. The molecule has 53 heavy (non-hydrogen) atoms. The van der Waals surface area contributed by atoms with Gasteiger partial charge in [-0.2, -0.15) is 14.8 Å². The van der Waals surface area contributed by atoms with Gasteiger partial charge in [-0.25, -0.2) is 9.37 Å². The molecular formula is C45H30F3N3OPt. The molecule has 0 atom stereocenters. The Morgan fingerprint density at radius 3 is 2.13 bits per heavy atom. The Labute approximate surface area is 319 Å². The van der Waals surface area contributed by atoms with E-state index >= 15 is 0 Å². The number of hydrogen-bond acceptors (Lipinski definition) is 3. The maximum atomic E-state index is 13.7. The van der Waals surface area contributed by atoms with E-state index in [2.05, 4.69) is 58.1 Å². The van der Waals surface area contributed by atoms with Crippen molar-refractivity contribution in [3.8, 4) is 50.8 Å². The first-order valence-corrected chi connectivity index (χ1v) is 16.7. The van der Waals surface area contributed by atoms with Crippen LogP contribution in [0, 0.1) is 32.9 Å². The Morgan fingerprint density at radius 2 is 1.40 bits per heavy atom. The number of halogens is 3. The molecule has 4 nitrogen and oxygen atoms in total. The van der Waals surface area contributed by atoms with Crippen molar-refractivity contribution in [2.75, 3.05) is 0 Å². The van der Waals surface area contributed by atoms with Crippen LogP contribution in [0.3, 0.4) is 0 Å². The second-order valence-electron chi connectivity index (χ2n) is 12.7. The zero-order chi connectivity index (χ0) is 35.9. The fourth-order valence-corrected chi connectivity index (χ4v) is 6.85. The average molecular weight is 881 g/mol. The third kappa shape index (κ3) is 6.81. The van der Waals surface area contributed by atoms with Crippen molar-refractivity contribution in [1.29, 1.82) is 0 Å². The van der Waals surface area contributed by atoms with Crippen molar-refractivity contribution < 1.29 is 39.0 Å². The minimum Gasteiger partial charge on any atom is -0.503 e. The van der Waals surface area contributed by atoms with Crippen LogP contribution in [0.1, 0.15) is 22.3 Å². The number of aryl methyl sites for hydroxylation is 3. The van der Waals surface area contributed by atoms with Crippen LogP contribution < -0.4 is 4.74 Å². The number of para-hydroxylation sites is 1. The minimum absolute atomic E-state index is 0. The predicted octanol–water partition coefficient (Wildman–Crippen LogP) is 12.4. The van der Waals surface area contributed by atoms with Crippen LogP contribution in [-0.4, -0.2) is 14.5 Å². The van der Waals surface area contributed by atoms with Gasteiger partial charge in [0.25, 0.3) is 0 Å². The summed E-state index contributed by atoms with van der Waals surface area (Å²) in [5.41, 5.74) is 10.2. The molecule has 5 aromatic carbocycles. The summed E-state index contributed by atoms with van der Waals surface area (Å²) in [6.45, 7) is 6.12. The molecule has 3 heterocycles. The van der Waals surface area contributed by atoms with Crippen molar-refractivity contribution in [3.63, 3.8) is 0 Å². The summed E-state index contributed by atoms with van der Waals surface area (Å²) in [6, 6.07) is 42.9. The maximum absolute atomic E-state index is 13.7. The van der Waals surface area contributed by atoms with E-state index in [1.807, 2.05) is 81.6 Å². The first-order valence-electron chi connectivity index (χ1n) is 16.7. The van der Waals surface area contributed by atoms with Gasteiger partial charge >= 0.3 is 27.1 Å². The summed E-state index contributed by atoms with van der Waals surface area (Å²) in [5.74, 6) is 0.377. The Hall–Kier alpha value is -5.78. The van der Waals surface area contributed by atoms with Crippen molar-refractivity contribution in [1.82, 2.24) is 14.5 Å². The van der Waals surface area contributed by atoms with Crippen LogP contribution in [-0.2, 0) is 21.1 Å². The van der Waals surface area contributed by atoms with Crippen molar-refractivity contribution in [2.24, 2.45) is 0 Å². The van der Waals surface area contributed by atoms with E-state index in [1.165, 1.54) is 12.1 Å². The number of benzene rings is 5. The van der Waals surface area contributed by atoms with Crippen LogP contribution in [0.15, 0.2) is 134 Å². The molecule has 8 aromatic rings. The first kappa shape index (κ1) is 35.6. The van der Waals surface area contributed by atoms with Crippen molar-refractivity contribution in [2.45, 2.75) is 20.8 Å². The summed E-state index contributed by atoms with van der Waals surface area (Å²) in [5, 5.41) is 2.16. The van der Waals surface area contributed by atoms with Gasteiger partial charge in [-0.1, -0.05) is 78.3 Å². The van der Waals surface area contributed by atoms with Crippen LogP contribution >= 0.6 is 0 Å². The molecule has 0 spiro atoms. The van der Waals surface area contributed by atoms with Crippen LogP contribution in [0.5, 0.6) is 11.5 Å². The van der Waals surface area contributed by atoms with E-state index in [0.717, 1.165) is 77.8 Å². The molecule has 0 radical (unpaired) electrons. The van der Waals surface area contributed by atoms with Crippen molar-refractivity contribution >= 4 is 27.6 Å². The van der Waals surface area contributed by atoms with E-state index in [1.54, 1.807) is 18.3 Å². The number of rotatable bonds is 7. The SMILES string of the molecule is Cc1cnc(-c2[c-]c(Oc3[c-]c4c(cc3)c3ccccc3n4-c3ccccn3)ccc2)cc1-c1c(C)cc(-c2ccc(C(F)=C(F)F)cc2)cc1C.[Pt+2]. The fourth-order valence-electron chi connectivity index (χ4n) is 6.85. The van der Waals surface area contributed by atoms with Gasteiger partial charge in [0.2, 0.25) is 0 Å². The zero-order valence-corrected chi connectivity index (χ0v) is 31.1. The Bertz CT molecular complexity index is 2640. The molecule has 0 bridgehead atoms. The van der Waals surface area contributed by atoms with E-state index in [4.69, 9.17) is 9.72 Å². The Morgan fingerprint density at radius 1 is 0.660 bits per heavy atom. The molecule has 0 N–H and O–H groups in total. The first-order chi connectivity index (χ1) is 25.2. The smallest absolute Gasteiger partial charge is 0.503 e. The zero-order valence-electron chi connectivity index (χ0n) is 28.8. The third-order valence-electron chi connectivity index (χ3n) is 9.24. The monoisotopic (exact) mass is 880 g/mol. The van der Waals surface area contributed by atoms with Crippen LogP contribution in [0.2, 0.25) is 0 Å². The number of pyridine rings is 2. The molecule has 0 aliphatic rings. The predicted molar refractivity (Wildman–Crippen MR) is 201 cm³/mol. The Kier molecular flexibility index (Phi) is 9.87. The molecule has 0 amide bonds. The van der Waals surface area contributed by atoms with Crippen LogP contribution in [0.4, 0.5) is 13.2 Å². The maximum Gasteiger partial charge on any atom is 2.00 e. The molecule has 262 valence electrons. The van der Waals surface area contributed by atoms with E-state index in [9.17, 15) is 13.2 Å². The average Bonchev–Trinajstić information content (AvgIpc) is 3.49. The van der Waals surface area contributed by atoms with Gasteiger partial charge in [0, 0.05) is 35.0 Å². The normalized spacial score (nSPS) is 11.1. The third-order valence-corrected chi connectivity index (χ3v) is 9.24. The molecule has 8 heteroatoms. The van der Waals surface area contributed by atoms with Crippen LogP contribution in [0.25, 0.3) is 67.0 Å². The molecule has 0 fully saturated rings. The quantitative estimate of drug-likeness (QED) is 0.150. The van der Waals surface area contributed by atoms with Gasteiger partial charge in [0.15, 0.2) is 5.83 Å². The second-order valence-corrected chi connectivity index (χ2v) is 12.7. The topological polar surface area (TPSA) is 39.9 Å². The molecule has 0 unspecified atom stereocenters. The van der Waals surface area contributed by atoms with E-state index in [-0.39, 0.29) is 26.6 Å². The standard InChI is InChI=1S/C45H30F3N3O.Pt/c1-27-21-33(30-14-16-31(17-15-30)44(46)45(47)48)22-28(2)43(27)38-25-39(50-26-29(38)3)32-9-8-10-34(23-32)52-35-18-19-37-36-11-4-5-12-40(36)51(41(37)24-35)42-13-6-7-20-49-42;/h4-22,25-26H,1-3H3;/q-2;+2. The van der Waals surface area contributed by atoms with Gasteiger partial charge in [-0.05, 0) is 89.0 Å². The molecule has 0 aliphatic carbocycles. The molecule has 0 saturated carbocycles. The minimum atomic E-state index is -2.33. The van der Waals surface area contributed by atoms with Gasteiger partial charge in [-0.3, -0.25) is 0 Å². The van der Waals surface area contributed by atoms with E-state index in [0.29, 0.717) is 11.5 Å². The summed E-state index contributed by atoms with van der Waals surface area (Å²) in [7, 11) is 0. The molecule has 0 aliphatic heterocycles. The van der Waals surface area contributed by atoms with Crippen molar-refractivity contribution in [3.05, 3.63) is 168 Å². The van der Waals surface area contributed by atoms with Gasteiger partial charge < -0.3 is 14.3 Å². The van der Waals surface area contributed by atoms with E-state index < -0.39 is 11.9 Å². The van der Waals surface area contributed by atoms with Gasteiger partial charge in [0.1, 0.15) is 5.82 Å².